The van der Waals surface area contributed by atoms with E-state index in [2.05, 4.69) is 20.3 Å². The van der Waals surface area contributed by atoms with Crippen LogP contribution in [0.5, 0.6) is 0 Å². The number of nitrogens with zero attached hydrogens (tertiary/aromatic N) is 4. The van der Waals surface area contributed by atoms with E-state index in [0.717, 1.165) is 16.5 Å². The van der Waals surface area contributed by atoms with Gasteiger partial charge in [-0.25, -0.2) is 4.98 Å². The molecule has 202 valence electrons. The minimum atomic E-state index is -4.71. The topological polar surface area (TPSA) is 200 Å². The summed E-state index contributed by atoms with van der Waals surface area (Å²) in [6, 6.07) is 13.5. The third-order valence-corrected chi connectivity index (χ3v) is 10.6. The Labute approximate surface area is 220 Å². The Hall–Kier alpha value is -2.44. The number of aliphatic hydroxyl groups is 2. The van der Waals surface area contributed by atoms with Gasteiger partial charge >= 0.3 is 7.60 Å². The summed E-state index contributed by atoms with van der Waals surface area (Å²) in [6.45, 7) is 0. The number of aliphatic hydroxyl groups excluding tert-OH is 2. The van der Waals surface area contributed by atoms with Crippen molar-refractivity contribution in [1.82, 2.24) is 19.5 Å². The third kappa shape index (κ3) is 5.62. The lowest BCUT2D eigenvalue weighted by Crippen LogP contribution is -2.32. The molecule has 5 rings (SSSR count). The van der Waals surface area contributed by atoms with Crippen molar-refractivity contribution in [1.29, 1.82) is 0 Å². The quantitative estimate of drug-likeness (QED) is 0.131. The number of nitrogens with one attached hydrogen (secondary N) is 1. The molecule has 5 atom stereocenters. The van der Waals surface area contributed by atoms with Crippen molar-refractivity contribution >= 4 is 60.0 Å². The molecule has 2 aromatic carbocycles. The molecule has 0 aliphatic carbocycles. The van der Waals surface area contributed by atoms with E-state index in [0.29, 0.717) is 11.3 Å². The minimum absolute atomic E-state index is 0.106. The summed E-state index contributed by atoms with van der Waals surface area (Å²) in [5, 5.41) is 26.3. The SMILES string of the molecule is O=P(O)(O)CP(=O)(O)CC[C@H]1O[C@@H](n2cnc3c(Nc4cccc5ccccc45)nc(Cl)nc32)[C@@H](O)C1O. The first-order chi connectivity index (χ1) is 17.9. The number of hydrogen-bond donors (Lipinski definition) is 6. The number of hydrogen-bond acceptors (Lipinski definition) is 9. The number of aromatic nitrogens is 4. The smallest absolute Gasteiger partial charge is 0.335 e. The fourth-order valence-corrected chi connectivity index (χ4v) is 8.20. The molecule has 3 heterocycles. The number of ether oxygens (including phenoxy) is 1. The van der Waals surface area contributed by atoms with Crippen LogP contribution in [-0.4, -0.2) is 74.8 Å². The summed E-state index contributed by atoms with van der Waals surface area (Å²) in [5.74, 6) is -0.874. The molecule has 6 N–H and O–H groups in total. The van der Waals surface area contributed by atoms with Gasteiger partial charge in [-0.1, -0.05) is 36.4 Å². The van der Waals surface area contributed by atoms with Gasteiger partial charge in [-0.15, -0.1) is 0 Å². The molecule has 2 aromatic heterocycles. The highest BCUT2D eigenvalue weighted by atomic mass is 35.5. The molecule has 0 saturated carbocycles. The monoisotopic (exact) mass is 583 g/mol. The van der Waals surface area contributed by atoms with Crippen molar-refractivity contribution < 1.29 is 38.8 Å². The molecule has 0 amide bonds. The number of fused-ring (bicyclic) bond motifs is 2. The maximum Gasteiger partial charge on any atom is 0.335 e. The molecule has 0 bridgehead atoms. The number of rotatable bonds is 8. The van der Waals surface area contributed by atoms with Crippen molar-refractivity contribution in [3.8, 4) is 0 Å². The first kappa shape index (κ1) is 27.1. The fraction of sp³-hybridized carbons (Fsp3) is 0.318. The molecule has 4 aromatic rings. The van der Waals surface area contributed by atoms with Crippen molar-refractivity contribution in [2.24, 2.45) is 0 Å². The molecule has 0 spiro atoms. The lowest BCUT2D eigenvalue weighted by molar-refractivity contribution is -0.0354. The van der Waals surface area contributed by atoms with Gasteiger partial charge in [-0.2, -0.15) is 9.97 Å². The van der Waals surface area contributed by atoms with Gasteiger partial charge < -0.3 is 34.9 Å². The average molecular weight is 584 g/mol. The van der Waals surface area contributed by atoms with Crippen LogP contribution in [0.1, 0.15) is 12.6 Å². The summed E-state index contributed by atoms with van der Waals surface area (Å²) in [6.07, 6.45) is -4.56. The summed E-state index contributed by atoms with van der Waals surface area (Å²) in [7, 11) is -8.91. The average Bonchev–Trinajstić information content (AvgIpc) is 3.37. The van der Waals surface area contributed by atoms with E-state index in [9.17, 15) is 24.2 Å². The van der Waals surface area contributed by atoms with Gasteiger partial charge in [0.25, 0.3) is 0 Å². The predicted molar refractivity (Wildman–Crippen MR) is 140 cm³/mol. The molecular formula is C22H24ClN5O8P2. The normalized spacial score (nSPS) is 23.6. The molecule has 13 nitrogen and oxygen atoms in total. The molecule has 1 aliphatic heterocycles. The van der Waals surface area contributed by atoms with Crippen LogP contribution in [0.25, 0.3) is 21.9 Å². The van der Waals surface area contributed by atoms with Gasteiger partial charge in [0.1, 0.15) is 18.1 Å². The van der Waals surface area contributed by atoms with Crippen LogP contribution >= 0.6 is 26.6 Å². The lowest BCUT2D eigenvalue weighted by Gasteiger charge is -2.18. The molecular weight excluding hydrogens is 560 g/mol. The van der Waals surface area contributed by atoms with E-state index in [-0.39, 0.29) is 17.4 Å². The zero-order valence-electron chi connectivity index (χ0n) is 19.6. The number of benzene rings is 2. The standard InChI is InChI=1S/C22H24ClN5O8P2/c23-22-26-19(25-14-7-3-5-12-4-1-2-6-13(12)14)16-20(27-22)28(10-24-16)21-18(30)17(29)15(36-21)8-9-37(31,32)11-38(33,34)35/h1-7,10,15,17-18,21,29-30H,8-9,11H2,(H,31,32)(H,25,26,27)(H2,33,34,35)/t15-,17?,18+,21-/m1/s1. The second kappa shape index (κ2) is 10.3. The molecule has 38 heavy (non-hydrogen) atoms. The minimum Gasteiger partial charge on any atom is -0.388 e. The van der Waals surface area contributed by atoms with Gasteiger partial charge in [-0.05, 0) is 29.5 Å². The Morgan fingerprint density at radius 2 is 1.76 bits per heavy atom. The zero-order valence-corrected chi connectivity index (χ0v) is 22.1. The molecule has 16 heteroatoms. The van der Waals surface area contributed by atoms with Crippen LogP contribution < -0.4 is 5.32 Å². The fourth-order valence-electron chi connectivity index (χ4n) is 4.51. The Bertz CT molecular complexity index is 1590. The lowest BCUT2D eigenvalue weighted by atomic mass is 10.1. The Morgan fingerprint density at radius 1 is 1.03 bits per heavy atom. The molecule has 0 radical (unpaired) electrons. The van der Waals surface area contributed by atoms with Crippen LogP contribution in [-0.2, 0) is 13.9 Å². The Balaban J connectivity index is 1.41. The number of halogens is 1. The Morgan fingerprint density at radius 3 is 2.53 bits per heavy atom. The van der Waals surface area contributed by atoms with Gasteiger partial charge in [-0.3, -0.25) is 13.7 Å². The third-order valence-electron chi connectivity index (χ3n) is 6.22. The number of imidazole rings is 1. The van der Waals surface area contributed by atoms with Gasteiger partial charge in [0.15, 0.2) is 23.2 Å². The van der Waals surface area contributed by atoms with Gasteiger partial charge in [0.05, 0.1) is 12.4 Å². The van der Waals surface area contributed by atoms with Crippen LogP contribution in [0.3, 0.4) is 0 Å². The van der Waals surface area contributed by atoms with Gasteiger partial charge in [0, 0.05) is 17.2 Å². The zero-order chi connectivity index (χ0) is 27.2. The van der Waals surface area contributed by atoms with E-state index in [1.54, 1.807) is 0 Å². The highest BCUT2D eigenvalue weighted by Gasteiger charge is 2.45. The molecule has 1 aliphatic rings. The van der Waals surface area contributed by atoms with Crippen LogP contribution in [0.15, 0.2) is 48.8 Å². The van der Waals surface area contributed by atoms with Gasteiger partial charge in [0.2, 0.25) is 12.7 Å². The maximum atomic E-state index is 12.2. The van der Waals surface area contributed by atoms with Crippen molar-refractivity contribution in [2.45, 2.75) is 31.0 Å². The first-order valence-corrected chi connectivity index (χ1v) is 15.6. The van der Waals surface area contributed by atoms with Crippen molar-refractivity contribution in [3.63, 3.8) is 0 Å². The highest BCUT2D eigenvalue weighted by molar-refractivity contribution is 7.72. The van der Waals surface area contributed by atoms with Crippen LogP contribution in [0, 0.1) is 0 Å². The van der Waals surface area contributed by atoms with Crippen molar-refractivity contribution in [2.75, 3.05) is 17.4 Å². The first-order valence-electron chi connectivity index (χ1n) is 11.4. The van der Waals surface area contributed by atoms with Crippen molar-refractivity contribution in [3.05, 3.63) is 54.1 Å². The van der Waals surface area contributed by atoms with Crippen LogP contribution in [0.2, 0.25) is 5.28 Å². The van der Waals surface area contributed by atoms with Crippen LogP contribution in [0.4, 0.5) is 11.5 Å². The van der Waals surface area contributed by atoms with E-state index >= 15 is 0 Å². The van der Waals surface area contributed by atoms with E-state index < -0.39 is 51.6 Å². The second-order valence-corrected chi connectivity index (χ2v) is 14.0. The second-order valence-electron chi connectivity index (χ2n) is 9.03. The molecule has 2 unspecified atom stereocenters. The maximum absolute atomic E-state index is 12.2. The largest absolute Gasteiger partial charge is 0.388 e. The number of anilines is 2. The van der Waals surface area contributed by atoms with E-state index in [4.69, 9.17) is 26.1 Å². The summed E-state index contributed by atoms with van der Waals surface area (Å²) < 4.78 is 30.5. The van der Waals surface area contributed by atoms with E-state index in [1.165, 1.54) is 10.9 Å². The Kier molecular flexibility index (Phi) is 7.34. The predicted octanol–water partition coefficient (Wildman–Crippen LogP) is 2.79. The highest BCUT2D eigenvalue weighted by Crippen LogP contribution is 2.55. The van der Waals surface area contributed by atoms with E-state index in [1.807, 2.05) is 42.5 Å². The molecule has 1 saturated heterocycles. The molecule has 1 fully saturated rings. The summed E-state index contributed by atoms with van der Waals surface area (Å²) in [5.41, 5.74) is 1.28. The summed E-state index contributed by atoms with van der Waals surface area (Å²) >= 11 is 6.21. The summed E-state index contributed by atoms with van der Waals surface area (Å²) in [4.78, 5) is 40.8.